The van der Waals surface area contributed by atoms with Crippen LogP contribution in [0.1, 0.15) is 38.9 Å². The number of carbonyl (C=O) groups is 2. The van der Waals surface area contributed by atoms with Gasteiger partial charge < -0.3 is 10.3 Å². The fraction of sp³-hybridized carbons (Fsp3) is 0.120. The number of aromatic amines is 1. The van der Waals surface area contributed by atoms with Crippen LogP contribution in [0.2, 0.25) is 0 Å². The van der Waals surface area contributed by atoms with Gasteiger partial charge in [-0.1, -0.05) is 48.2 Å². The summed E-state index contributed by atoms with van der Waals surface area (Å²) < 4.78 is 0. The quantitative estimate of drug-likeness (QED) is 0.311. The summed E-state index contributed by atoms with van der Waals surface area (Å²) in [5, 5.41) is 13.3. The zero-order valence-corrected chi connectivity index (χ0v) is 18.4. The van der Waals surface area contributed by atoms with Crippen LogP contribution in [0.4, 0.5) is 5.69 Å². The van der Waals surface area contributed by atoms with Gasteiger partial charge in [0.1, 0.15) is 11.1 Å². The van der Waals surface area contributed by atoms with Crippen molar-refractivity contribution in [1.29, 1.82) is 5.26 Å². The van der Waals surface area contributed by atoms with E-state index in [1.165, 1.54) is 17.8 Å². The van der Waals surface area contributed by atoms with E-state index < -0.39 is 5.25 Å². The van der Waals surface area contributed by atoms with Gasteiger partial charge in [-0.05, 0) is 38.1 Å². The number of fused-ring (bicyclic) bond motifs is 1. The maximum Gasteiger partial charge on any atom is 0.257 e. The molecule has 32 heavy (non-hydrogen) atoms. The van der Waals surface area contributed by atoms with Crippen molar-refractivity contribution in [3.05, 3.63) is 89.2 Å². The molecule has 0 fully saturated rings. The van der Waals surface area contributed by atoms with Gasteiger partial charge in [0.15, 0.2) is 5.78 Å². The van der Waals surface area contributed by atoms with Crippen LogP contribution in [-0.4, -0.2) is 26.9 Å². The number of pyridine rings is 1. The number of thioether (sulfide) groups is 1. The first-order valence-corrected chi connectivity index (χ1v) is 10.9. The van der Waals surface area contributed by atoms with E-state index in [9.17, 15) is 14.9 Å². The highest BCUT2D eigenvalue weighted by Crippen LogP contribution is 2.30. The lowest BCUT2D eigenvalue weighted by atomic mass is 10.1. The fourth-order valence-corrected chi connectivity index (χ4v) is 4.41. The molecule has 0 spiro atoms. The van der Waals surface area contributed by atoms with Crippen LogP contribution < -0.4 is 5.32 Å². The molecule has 1 amide bonds. The molecule has 4 aromatic rings. The maximum absolute atomic E-state index is 13.1. The van der Waals surface area contributed by atoms with Gasteiger partial charge in [0.25, 0.3) is 5.91 Å². The van der Waals surface area contributed by atoms with Crippen LogP contribution in [0.5, 0.6) is 0 Å². The number of hydrogen-bond donors (Lipinski definition) is 2. The molecular formula is C25H20N4O2S. The molecule has 7 heteroatoms. The molecule has 2 N–H and O–H groups in total. The number of Topliss-reactive ketones (excluding diaryl/α,β-unsaturated/α-hetero) is 1. The van der Waals surface area contributed by atoms with Crippen molar-refractivity contribution in [1.82, 2.24) is 9.97 Å². The third-order valence-electron chi connectivity index (χ3n) is 5.09. The number of hydrogen-bond acceptors (Lipinski definition) is 5. The Bertz CT molecular complexity index is 1360. The normalized spacial score (nSPS) is 11.7. The first-order chi connectivity index (χ1) is 15.5. The molecule has 1 unspecified atom stereocenters. The minimum Gasteiger partial charge on any atom is -0.360 e. The van der Waals surface area contributed by atoms with E-state index in [0.29, 0.717) is 27.5 Å². The number of ketones is 1. The average molecular weight is 441 g/mol. The van der Waals surface area contributed by atoms with Crippen LogP contribution in [-0.2, 0) is 0 Å². The van der Waals surface area contributed by atoms with E-state index in [4.69, 9.17) is 0 Å². The molecule has 0 saturated carbocycles. The minimum atomic E-state index is -0.461. The van der Waals surface area contributed by atoms with E-state index in [2.05, 4.69) is 21.4 Å². The summed E-state index contributed by atoms with van der Waals surface area (Å²) in [6.45, 7) is 3.51. The van der Waals surface area contributed by atoms with Crippen molar-refractivity contribution in [2.75, 3.05) is 5.32 Å². The average Bonchev–Trinajstić information content (AvgIpc) is 3.23. The van der Waals surface area contributed by atoms with Gasteiger partial charge in [-0.3, -0.25) is 9.59 Å². The smallest absolute Gasteiger partial charge is 0.257 e. The molecule has 0 aliphatic rings. The first kappa shape index (κ1) is 21.3. The number of nitrogens with one attached hydrogen (secondary N) is 2. The molecule has 2 aromatic heterocycles. The molecule has 0 aliphatic heterocycles. The highest BCUT2D eigenvalue weighted by Gasteiger charge is 2.23. The maximum atomic E-state index is 13.1. The predicted octanol–water partition coefficient (Wildman–Crippen LogP) is 5.36. The second-order valence-electron chi connectivity index (χ2n) is 7.28. The molecule has 0 aliphatic carbocycles. The van der Waals surface area contributed by atoms with Crippen LogP contribution in [0, 0.1) is 18.3 Å². The third-order valence-corrected chi connectivity index (χ3v) is 6.19. The molecule has 158 valence electrons. The molecule has 6 nitrogen and oxygen atoms in total. The van der Waals surface area contributed by atoms with Gasteiger partial charge in [-0.15, -0.1) is 0 Å². The Kier molecular flexibility index (Phi) is 6.06. The van der Waals surface area contributed by atoms with E-state index >= 15 is 0 Å². The van der Waals surface area contributed by atoms with Crippen LogP contribution >= 0.6 is 11.8 Å². The second kappa shape index (κ2) is 9.08. The topological polar surface area (TPSA) is 98.6 Å². The number of aryl methyl sites for hydroxylation is 1. The Labute approximate surface area is 189 Å². The first-order valence-electron chi connectivity index (χ1n) is 10.0. The Balaban J connectivity index is 1.57. The molecule has 0 saturated heterocycles. The number of carbonyl (C=O) groups excluding carboxylic acids is 2. The van der Waals surface area contributed by atoms with Crippen LogP contribution in [0.15, 0.2) is 71.9 Å². The Hall–Kier alpha value is -3.89. The largest absolute Gasteiger partial charge is 0.360 e. The fourth-order valence-electron chi connectivity index (χ4n) is 3.42. The number of aromatic nitrogens is 2. The van der Waals surface area contributed by atoms with Crippen molar-refractivity contribution >= 4 is 40.0 Å². The van der Waals surface area contributed by atoms with Gasteiger partial charge in [0.05, 0.1) is 22.1 Å². The highest BCUT2D eigenvalue weighted by molar-refractivity contribution is 8.00. The SMILES string of the molecule is Cc1nc(SC(C)C(=O)c2c[nH]c3ccccc23)c(C#N)cc1C(=O)Nc1ccccc1. The Morgan fingerprint density at radius 1 is 1.09 bits per heavy atom. The summed E-state index contributed by atoms with van der Waals surface area (Å²) in [6, 6.07) is 20.4. The van der Waals surface area contributed by atoms with Crippen molar-refractivity contribution in [3.8, 4) is 6.07 Å². The van der Waals surface area contributed by atoms with Gasteiger partial charge in [-0.2, -0.15) is 5.26 Å². The molecule has 1 atom stereocenters. The Morgan fingerprint density at radius 3 is 2.56 bits per heavy atom. The number of rotatable bonds is 6. The van der Waals surface area contributed by atoms with E-state index in [1.807, 2.05) is 42.5 Å². The molecule has 0 bridgehead atoms. The van der Waals surface area contributed by atoms with E-state index in [-0.39, 0.29) is 17.3 Å². The zero-order chi connectivity index (χ0) is 22.7. The monoisotopic (exact) mass is 440 g/mol. The van der Waals surface area contributed by atoms with Crippen molar-refractivity contribution < 1.29 is 9.59 Å². The lowest BCUT2D eigenvalue weighted by Crippen LogP contribution is -2.16. The van der Waals surface area contributed by atoms with Crippen LogP contribution in [0.3, 0.4) is 0 Å². The number of nitrogens with zero attached hydrogens (tertiary/aromatic N) is 2. The summed E-state index contributed by atoms with van der Waals surface area (Å²) in [5.74, 6) is -0.390. The summed E-state index contributed by atoms with van der Waals surface area (Å²) >= 11 is 1.22. The van der Waals surface area contributed by atoms with Crippen molar-refractivity contribution in [3.63, 3.8) is 0 Å². The number of nitriles is 1. The number of benzene rings is 2. The molecule has 4 rings (SSSR count). The summed E-state index contributed by atoms with van der Waals surface area (Å²) in [5.41, 5.74) is 3.24. The van der Waals surface area contributed by atoms with Crippen LogP contribution in [0.25, 0.3) is 10.9 Å². The molecule has 0 radical (unpaired) electrons. The summed E-state index contributed by atoms with van der Waals surface area (Å²) in [7, 11) is 0. The zero-order valence-electron chi connectivity index (χ0n) is 17.5. The van der Waals surface area contributed by atoms with Gasteiger partial charge in [0.2, 0.25) is 0 Å². The lowest BCUT2D eigenvalue weighted by molar-refractivity contribution is 0.0993. The van der Waals surface area contributed by atoms with Crippen molar-refractivity contribution in [2.45, 2.75) is 24.1 Å². The predicted molar refractivity (Wildman–Crippen MR) is 126 cm³/mol. The highest BCUT2D eigenvalue weighted by atomic mass is 32.2. The standard InChI is InChI=1S/C25H20N4O2S/c1-15-20(24(31)29-18-8-4-3-5-9-18)12-17(13-26)25(28-15)32-16(2)23(30)21-14-27-22-11-7-6-10-19(21)22/h3-12,14,16,27H,1-2H3,(H,29,31). The molecule has 2 aromatic carbocycles. The van der Waals surface area contributed by atoms with E-state index in [0.717, 1.165) is 10.9 Å². The number of H-pyrrole nitrogens is 1. The van der Waals surface area contributed by atoms with Gasteiger partial charge in [0, 0.05) is 28.4 Å². The van der Waals surface area contributed by atoms with Gasteiger partial charge >= 0.3 is 0 Å². The number of anilines is 1. The number of amides is 1. The Morgan fingerprint density at radius 2 is 1.81 bits per heavy atom. The van der Waals surface area contributed by atoms with Gasteiger partial charge in [-0.25, -0.2) is 4.98 Å². The number of para-hydroxylation sites is 2. The molecular weight excluding hydrogens is 420 g/mol. The minimum absolute atomic E-state index is 0.0540. The molecule has 2 heterocycles. The summed E-state index contributed by atoms with van der Waals surface area (Å²) in [4.78, 5) is 33.4. The third kappa shape index (κ3) is 4.27. The lowest BCUT2D eigenvalue weighted by Gasteiger charge is -2.13. The van der Waals surface area contributed by atoms with Crippen molar-refractivity contribution in [2.24, 2.45) is 0 Å². The summed E-state index contributed by atoms with van der Waals surface area (Å²) in [6.07, 6.45) is 1.71. The van der Waals surface area contributed by atoms with E-state index in [1.54, 1.807) is 32.2 Å². The second-order valence-corrected chi connectivity index (χ2v) is 8.61.